The minimum absolute atomic E-state index is 0.520. The highest BCUT2D eigenvalue weighted by molar-refractivity contribution is 5.64. The summed E-state index contributed by atoms with van der Waals surface area (Å²) in [6.07, 6.45) is 19.6. The van der Waals surface area contributed by atoms with Crippen LogP contribution >= 0.6 is 0 Å². The Morgan fingerprint density at radius 1 is 0.880 bits per heavy atom. The molecule has 8 atom stereocenters. The normalized spacial score (nSPS) is 50.8. The van der Waals surface area contributed by atoms with Crippen molar-refractivity contribution in [3.8, 4) is 0 Å². The Labute approximate surface area is 155 Å². The van der Waals surface area contributed by atoms with Crippen LogP contribution in [0.3, 0.4) is 0 Å². The van der Waals surface area contributed by atoms with Crippen LogP contribution in [-0.2, 0) is 4.79 Å². The summed E-state index contributed by atoms with van der Waals surface area (Å²) >= 11 is 0. The Kier molecular flexibility index (Phi) is 4.66. The second-order valence-corrected chi connectivity index (χ2v) is 10.5. The van der Waals surface area contributed by atoms with Gasteiger partial charge in [-0.1, -0.05) is 39.7 Å². The highest BCUT2D eigenvalue weighted by atomic mass is 16.1. The van der Waals surface area contributed by atoms with E-state index in [1.165, 1.54) is 64.2 Å². The Morgan fingerprint density at radius 2 is 1.68 bits per heavy atom. The van der Waals surface area contributed by atoms with E-state index in [0.29, 0.717) is 16.7 Å². The highest BCUT2D eigenvalue weighted by Gasteiger charge is 2.59. The third-order valence-electron chi connectivity index (χ3n) is 9.78. The Morgan fingerprint density at radius 3 is 2.48 bits per heavy atom. The van der Waals surface area contributed by atoms with Crippen molar-refractivity contribution in [1.82, 2.24) is 0 Å². The highest BCUT2D eigenvalue weighted by Crippen LogP contribution is 2.68. The lowest BCUT2D eigenvalue weighted by Crippen LogP contribution is -2.53. The predicted octanol–water partition coefficient (Wildman–Crippen LogP) is 6.43. The number of hydrogen-bond donors (Lipinski definition) is 0. The van der Waals surface area contributed by atoms with Gasteiger partial charge in [-0.05, 0) is 104 Å². The van der Waals surface area contributed by atoms with Crippen molar-refractivity contribution >= 4 is 6.29 Å². The molecule has 1 nitrogen and oxygen atoms in total. The lowest BCUT2D eigenvalue weighted by atomic mass is 9.44. The van der Waals surface area contributed by atoms with E-state index in [9.17, 15) is 4.79 Å². The second kappa shape index (κ2) is 6.54. The molecule has 4 saturated carbocycles. The van der Waals surface area contributed by atoms with Gasteiger partial charge in [0.25, 0.3) is 0 Å². The van der Waals surface area contributed by atoms with E-state index in [-0.39, 0.29) is 0 Å². The van der Waals surface area contributed by atoms with E-state index in [1.54, 1.807) is 6.08 Å². The average molecular weight is 343 g/mol. The van der Waals surface area contributed by atoms with Gasteiger partial charge in [0, 0.05) is 0 Å². The van der Waals surface area contributed by atoms with Crippen molar-refractivity contribution in [3.05, 3.63) is 12.2 Å². The molecule has 0 bridgehead atoms. The monoisotopic (exact) mass is 342 g/mol. The van der Waals surface area contributed by atoms with Crippen LogP contribution in [-0.4, -0.2) is 6.29 Å². The zero-order valence-corrected chi connectivity index (χ0v) is 16.7. The molecule has 4 rings (SSSR count). The van der Waals surface area contributed by atoms with Gasteiger partial charge in [-0.25, -0.2) is 0 Å². The Hall–Kier alpha value is -0.590. The van der Waals surface area contributed by atoms with Crippen molar-refractivity contribution in [3.63, 3.8) is 0 Å². The largest absolute Gasteiger partial charge is 0.299 e. The van der Waals surface area contributed by atoms with E-state index >= 15 is 0 Å². The van der Waals surface area contributed by atoms with Crippen molar-refractivity contribution in [1.29, 1.82) is 0 Å². The fourth-order valence-electron chi connectivity index (χ4n) is 8.55. The summed E-state index contributed by atoms with van der Waals surface area (Å²) in [4.78, 5) is 10.8. The first kappa shape index (κ1) is 17.8. The molecule has 0 aromatic heterocycles. The van der Waals surface area contributed by atoms with Crippen LogP contribution in [0, 0.1) is 46.3 Å². The van der Waals surface area contributed by atoms with Crippen LogP contribution in [0.4, 0.5) is 0 Å². The standard InChI is InChI=1S/C24H38O/c1-17(7-6-16-25)20-11-12-21-19-10-9-18-8-4-5-14-23(18,2)22(19)13-15-24(20,21)3/h6-7,16-22H,4-5,8-15H2,1-3H3/t17-,18?,19+,20-,21+,22+,23+,24-/m1/s1. The van der Waals surface area contributed by atoms with Crippen molar-refractivity contribution < 1.29 is 4.79 Å². The van der Waals surface area contributed by atoms with Gasteiger partial charge in [-0.2, -0.15) is 0 Å². The number of rotatable bonds is 3. The number of allylic oxidation sites excluding steroid dienone is 2. The molecule has 4 aliphatic rings. The van der Waals surface area contributed by atoms with Crippen LogP contribution in [0.1, 0.15) is 85.0 Å². The zero-order valence-electron chi connectivity index (χ0n) is 16.7. The summed E-state index contributed by atoms with van der Waals surface area (Å²) in [5.41, 5.74) is 1.18. The molecular weight excluding hydrogens is 304 g/mol. The van der Waals surface area contributed by atoms with Crippen LogP contribution in [0.15, 0.2) is 12.2 Å². The van der Waals surface area contributed by atoms with Gasteiger partial charge in [0.1, 0.15) is 6.29 Å². The van der Waals surface area contributed by atoms with Crippen LogP contribution in [0.25, 0.3) is 0 Å². The summed E-state index contributed by atoms with van der Waals surface area (Å²) in [5, 5.41) is 0. The van der Waals surface area contributed by atoms with Gasteiger partial charge >= 0.3 is 0 Å². The summed E-state index contributed by atoms with van der Waals surface area (Å²) in [5.74, 6) is 5.31. The molecule has 0 aliphatic heterocycles. The number of carbonyl (C=O) groups excluding carboxylic acids is 1. The van der Waals surface area contributed by atoms with E-state index in [2.05, 4.69) is 26.8 Å². The molecule has 4 fully saturated rings. The van der Waals surface area contributed by atoms with E-state index in [4.69, 9.17) is 0 Å². The lowest BCUT2D eigenvalue weighted by Gasteiger charge is -2.60. The topological polar surface area (TPSA) is 17.1 Å². The number of hydrogen-bond acceptors (Lipinski definition) is 1. The minimum atomic E-state index is 0.520. The molecule has 0 aromatic rings. The second-order valence-electron chi connectivity index (χ2n) is 10.5. The Balaban J connectivity index is 1.57. The molecule has 0 radical (unpaired) electrons. The smallest absolute Gasteiger partial charge is 0.142 e. The van der Waals surface area contributed by atoms with E-state index < -0.39 is 0 Å². The maximum absolute atomic E-state index is 10.8. The third-order valence-corrected chi connectivity index (χ3v) is 9.78. The number of carbonyl (C=O) groups is 1. The third kappa shape index (κ3) is 2.67. The zero-order chi connectivity index (χ0) is 17.7. The van der Waals surface area contributed by atoms with Gasteiger partial charge in [-0.15, -0.1) is 0 Å². The van der Waals surface area contributed by atoms with Gasteiger partial charge in [0.15, 0.2) is 0 Å². The minimum Gasteiger partial charge on any atom is -0.299 e. The average Bonchev–Trinajstić information content (AvgIpc) is 2.96. The quantitative estimate of drug-likeness (QED) is 0.427. The summed E-state index contributed by atoms with van der Waals surface area (Å²) < 4.78 is 0. The van der Waals surface area contributed by atoms with Gasteiger partial charge in [0.05, 0.1) is 0 Å². The Bertz CT molecular complexity index is 536. The van der Waals surface area contributed by atoms with Crippen LogP contribution in [0.2, 0.25) is 0 Å². The number of fused-ring (bicyclic) bond motifs is 5. The van der Waals surface area contributed by atoms with Crippen molar-refractivity contribution in [2.75, 3.05) is 0 Å². The molecule has 0 amide bonds. The summed E-state index contributed by atoms with van der Waals surface area (Å²) in [7, 11) is 0. The predicted molar refractivity (Wildman–Crippen MR) is 104 cm³/mol. The molecule has 1 unspecified atom stereocenters. The molecule has 0 saturated heterocycles. The molecular formula is C24H38O. The van der Waals surface area contributed by atoms with Crippen molar-refractivity contribution in [2.24, 2.45) is 46.3 Å². The first-order chi connectivity index (χ1) is 12.0. The maximum Gasteiger partial charge on any atom is 0.142 e. The molecule has 0 heterocycles. The summed E-state index contributed by atoms with van der Waals surface area (Å²) in [6.45, 7) is 7.65. The van der Waals surface area contributed by atoms with E-state index in [0.717, 1.165) is 35.9 Å². The fraction of sp³-hybridized carbons (Fsp3) is 0.875. The molecule has 0 spiro atoms. The van der Waals surface area contributed by atoms with Gasteiger partial charge < -0.3 is 0 Å². The SMILES string of the molecule is C[C@H](C=CC=O)[C@H]1CC[C@H]2[C@@H]3CCC4CCCC[C@]4(C)[C@H]3CC[C@]12C. The molecule has 1 heteroatoms. The van der Waals surface area contributed by atoms with Crippen molar-refractivity contribution in [2.45, 2.75) is 85.0 Å². The lowest BCUT2D eigenvalue weighted by molar-refractivity contribution is -0.113. The molecule has 4 aliphatic carbocycles. The van der Waals surface area contributed by atoms with Crippen LogP contribution in [0.5, 0.6) is 0 Å². The number of aldehydes is 1. The first-order valence-electron chi connectivity index (χ1n) is 11.1. The molecule has 0 aromatic carbocycles. The molecule has 0 N–H and O–H groups in total. The fourth-order valence-corrected chi connectivity index (χ4v) is 8.55. The van der Waals surface area contributed by atoms with Gasteiger partial charge in [-0.3, -0.25) is 4.79 Å². The molecule has 25 heavy (non-hydrogen) atoms. The van der Waals surface area contributed by atoms with Gasteiger partial charge in [0.2, 0.25) is 0 Å². The van der Waals surface area contributed by atoms with E-state index in [1.807, 2.05) is 0 Å². The van der Waals surface area contributed by atoms with Crippen LogP contribution < -0.4 is 0 Å². The molecule has 140 valence electrons. The first-order valence-corrected chi connectivity index (χ1v) is 11.1. The maximum atomic E-state index is 10.8. The summed E-state index contributed by atoms with van der Waals surface area (Å²) in [6, 6.07) is 0.